The molecule has 2 nitrogen and oxygen atoms in total. The van der Waals surface area contributed by atoms with Crippen LogP contribution < -0.4 is 0 Å². The summed E-state index contributed by atoms with van der Waals surface area (Å²) in [6.45, 7) is 0. The van der Waals surface area contributed by atoms with Crippen LogP contribution >= 0.6 is 15.9 Å². The van der Waals surface area contributed by atoms with E-state index in [1.54, 1.807) is 6.20 Å². The Balaban J connectivity index is 1.94. The number of benzene rings is 1. The molecule has 0 bridgehead atoms. The Morgan fingerprint density at radius 3 is 2.94 bits per heavy atom. The second-order valence-electron chi connectivity index (χ2n) is 4.88. The van der Waals surface area contributed by atoms with Crippen LogP contribution in [0.2, 0.25) is 0 Å². The Morgan fingerprint density at radius 1 is 1.28 bits per heavy atom. The highest BCUT2D eigenvalue weighted by Gasteiger charge is 2.36. The highest BCUT2D eigenvalue weighted by Crippen LogP contribution is 2.39. The summed E-state index contributed by atoms with van der Waals surface area (Å²) in [6.07, 6.45) is 5.95. The van der Waals surface area contributed by atoms with Crippen LogP contribution in [0.3, 0.4) is 0 Å². The number of hydrogen-bond donors (Lipinski definition) is 1. The fourth-order valence-electron chi connectivity index (χ4n) is 2.74. The van der Waals surface area contributed by atoms with Gasteiger partial charge in [0.2, 0.25) is 0 Å². The molecule has 1 aromatic carbocycles. The Morgan fingerprint density at radius 2 is 2.11 bits per heavy atom. The maximum atomic E-state index is 10.8. The number of pyridine rings is 1. The third kappa shape index (κ3) is 2.08. The molecule has 0 aliphatic heterocycles. The molecule has 1 heterocycles. The van der Waals surface area contributed by atoms with Crippen molar-refractivity contribution in [1.29, 1.82) is 0 Å². The van der Waals surface area contributed by atoms with E-state index in [1.807, 2.05) is 30.5 Å². The molecule has 0 spiro atoms. The van der Waals surface area contributed by atoms with E-state index in [0.717, 1.165) is 28.4 Å². The van der Waals surface area contributed by atoms with Crippen LogP contribution in [0.4, 0.5) is 0 Å². The summed E-state index contributed by atoms with van der Waals surface area (Å²) in [5.74, 6) is 0. The summed E-state index contributed by atoms with van der Waals surface area (Å²) in [4.78, 5) is 4.16. The van der Waals surface area contributed by atoms with Gasteiger partial charge in [-0.3, -0.25) is 4.98 Å². The largest absolute Gasteiger partial charge is 0.385 e. The highest BCUT2D eigenvalue weighted by molar-refractivity contribution is 9.10. The average Bonchev–Trinajstić information content (AvgIpc) is 2.68. The van der Waals surface area contributed by atoms with E-state index >= 15 is 0 Å². The number of hydrogen-bond acceptors (Lipinski definition) is 2. The topological polar surface area (TPSA) is 33.1 Å². The van der Waals surface area contributed by atoms with Gasteiger partial charge in [0, 0.05) is 23.3 Å². The molecule has 0 saturated carbocycles. The van der Waals surface area contributed by atoms with Gasteiger partial charge >= 0.3 is 0 Å². The predicted octanol–water partition coefficient (Wildman–Crippen LogP) is 3.22. The molecule has 3 rings (SSSR count). The monoisotopic (exact) mass is 303 g/mol. The molecule has 2 aromatic rings. The fourth-order valence-corrected chi connectivity index (χ4v) is 3.15. The van der Waals surface area contributed by atoms with Crippen LogP contribution in [0, 0.1) is 0 Å². The maximum absolute atomic E-state index is 10.8. The van der Waals surface area contributed by atoms with E-state index in [1.165, 1.54) is 5.56 Å². The number of halogens is 1. The Hall–Kier alpha value is -1.19. The molecule has 1 N–H and O–H groups in total. The van der Waals surface area contributed by atoms with Gasteiger partial charge in [0.15, 0.2) is 0 Å². The predicted molar refractivity (Wildman–Crippen MR) is 74.3 cm³/mol. The van der Waals surface area contributed by atoms with Crippen molar-refractivity contribution in [1.82, 2.24) is 4.98 Å². The van der Waals surface area contributed by atoms with Crippen molar-refractivity contribution in [2.24, 2.45) is 0 Å². The van der Waals surface area contributed by atoms with Gasteiger partial charge in [-0.2, -0.15) is 0 Å². The molecule has 18 heavy (non-hydrogen) atoms. The molecule has 1 aliphatic carbocycles. The van der Waals surface area contributed by atoms with Crippen molar-refractivity contribution >= 4 is 15.9 Å². The molecule has 1 unspecified atom stereocenters. The number of nitrogens with zero attached hydrogens (tertiary/aromatic N) is 1. The molecule has 0 fully saturated rings. The molecule has 3 heteroatoms. The van der Waals surface area contributed by atoms with E-state index in [-0.39, 0.29) is 0 Å². The first kappa shape index (κ1) is 11.9. The van der Waals surface area contributed by atoms with Crippen molar-refractivity contribution in [3.8, 4) is 0 Å². The zero-order valence-corrected chi connectivity index (χ0v) is 11.5. The number of aromatic nitrogens is 1. The number of rotatable bonds is 2. The lowest BCUT2D eigenvalue weighted by molar-refractivity contribution is 0.0389. The van der Waals surface area contributed by atoms with E-state index in [0.29, 0.717) is 6.42 Å². The summed E-state index contributed by atoms with van der Waals surface area (Å²) >= 11 is 3.42. The lowest BCUT2D eigenvalue weighted by atomic mass is 9.89. The lowest BCUT2D eigenvalue weighted by Crippen LogP contribution is -2.25. The van der Waals surface area contributed by atoms with Gasteiger partial charge in [-0.25, -0.2) is 0 Å². The summed E-state index contributed by atoms with van der Waals surface area (Å²) in [6, 6.07) is 10.2. The Bertz CT molecular complexity index is 584. The molecular formula is C15H14BrNO. The summed E-state index contributed by atoms with van der Waals surface area (Å²) in [7, 11) is 0. The standard InChI is InChI=1S/C15H14BrNO/c16-13-7-11(9-17-10-13)8-15(18)6-5-12-3-1-2-4-14(12)15/h1-4,7,9-10,18H,5-6,8H2. The van der Waals surface area contributed by atoms with Gasteiger partial charge in [0.25, 0.3) is 0 Å². The van der Waals surface area contributed by atoms with Gasteiger partial charge in [0.1, 0.15) is 0 Å². The molecule has 1 aliphatic rings. The lowest BCUT2D eigenvalue weighted by Gasteiger charge is -2.24. The van der Waals surface area contributed by atoms with E-state index < -0.39 is 5.60 Å². The zero-order chi connectivity index (χ0) is 12.6. The third-order valence-electron chi connectivity index (χ3n) is 3.58. The van der Waals surface area contributed by atoms with Crippen molar-refractivity contribution < 1.29 is 5.11 Å². The van der Waals surface area contributed by atoms with Crippen LogP contribution in [0.25, 0.3) is 0 Å². The number of fused-ring (bicyclic) bond motifs is 1. The minimum atomic E-state index is -0.737. The van der Waals surface area contributed by atoms with E-state index in [2.05, 4.69) is 27.0 Å². The van der Waals surface area contributed by atoms with Gasteiger partial charge in [0.05, 0.1) is 5.60 Å². The normalized spacial score (nSPS) is 21.9. The van der Waals surface area contributed by atoms with Crippen molar-refractivity contribution in [2.45, 2.75) is 24.9 Å². The van der Waals surface area contributed by atoms with Gasteiger partial charge in [-0.1, -0.05) is 24.3 Å². The highest BCUT2D eigenvalue weighted by atomic mass is 79.9. The SMILES string of the molecule is OC1(Cc2cncc(Br)c2)CCc2ccccc21. The van der Waals surface area contributed by atoms with Crippen molar-refractivity contribution in [2.75, 3.05) is 0 Å². The quantitative estimate of drug-likeness (QED) is 0.924. The molecule has 0 radical (unpaired) electrons. The van der Waals surface area contributed by atoms with Crippen LogP contribution in [0.15, 0.2) is 47.2 Å². The molecule has 1 aromatic heterocycles. The Kier molecular flexibility index (Phi) is 2.96. The molecular weight excluding hydrogens is 290 g/mol. The van der Waals surface area contributed by atoms with E-state index in [4.69, 9.17) is 0 Å². The van der Waals surface area contributed by atoms with Crippen LogP contribution in [0.5, 0.6) is 0 Å². The van der Waals surface area contributed by atoms with Crippen molar-refractivity contribution in [3.05, 3.63) is 63.9 Å². The maximum Gasteiger partial charge on any atom is 0.0943 e. The second kappa shape index (κ2) is 4.48. The van der Waals surface area contributed by atoms with Gasteiger partial charge < -0.3 is 5.11 Å². The molecule has 1 atom stereocenters. The smallest absolute Gasteiger partial charge is 0.0943 e. The minimum Gasteiger partial charge on any atom is -0.385 e. The first-order valence-corrected chi connectivity index (χ1v) is 6.87. The summed E-state index contributed by atoms with van der Waals surface area (Å²) in [5.41, 5.74) is 2.66. The average molecular weight is 304 g/mol. The van der Waals surface area contributed by atoms with Crippen LogP contribution in [0.1, 0.15) is 23.1 Å². The first-order chi connectivity index (χ1) is 8.67. The third-order valence-corrected chi connectivity index (χ3v) is 4.02. The Labute approximate surface area is 115 Å². The van der Waals surface area contributed by atoms with Crippen LogP contribution in [-0.4, -0.2) is 10.1 Å². The summed E-state index contributed by atoms with van der Waals surface area (Å²) in [5, 5.41) is 10.8. The van der Waals surface area contributed by atoms with Gasteiger partial charge in [-0.15, -0.1) is 0 Å². The summed E-state index contributed by atoms with van der Waals surface area (Å²) < 4.78 is 0.954. The molecule has 0 saturated heterocycles. The zero-order valence-electron chi connectivity index (χ0n) is 9.94. The molecule has 92 valence electrons. The number of aliphatic hydroxyl groups is 1. The number of aryl methyl sites for hydroxylation is 1. The van der Waals surface area contributed by atoms with Gasteiger partial charge in [-0.05, 0) is 51.5 Å². The van der Waals surface area contributed by atoms with E-state index in [9.17, 15) is 5.11 Å². The van der Waals surface area contributed by atoms with Crippen LogP contribution in [-0.2, 0) is 18.4 Å². The second-order valence-corrected chi connectivity index (χ2v) is 5.79. The van der Waals surface area contributed by atoms with Crippen molar-refractivity contribution in [3.63, 3.8) is 0 Å². The minimum absolute atomic E-state index is 0.621. The first-order valence-electron chi connectivity index (χ1n) is 6.08. The fraction of sp³-hybridized carbons (Fsp3) is 0.267. The molecule has 0 amide bonds.